The first-order chi connectivity index (χ1) is 13.2. The molecule has 140 valence electrons. The molecule has 1 saturated heterocycles. The Balaban J connectivity index is 1.58. The molecule has 0 unspecified atom stereocenters. The Kier molecular flexibility index (Phi) is 5.52. The van der Waals surface area contributed by atoms with E-state index in [0.29, 0.717) is 13.1 Å². The van der Waals surface area contributed by atoms with Crippen LogP contribution in [0.15, 0.2) is 53.9 Å². The van der Waals surface area contributed by atoms with Gasteiger partial charge in [-0.2, -0.15) is 0 Å². The lowest BCUT2D eigenvalue weighted by Gasteiger charge is -2.43. The number of hydrogen-bond acceptors (Lipinski definition) is 5. The Morgan fingerprint density at radius 2 is 1.37 bits per heavy atom. The molecule has 1 aromatic heterocycles. The minimum atomic E-state index is -0.226. The third-order valence-electron chi connectivity index (χ3n) is 4.82. The average molecular weight is 386 g/mol. The molecular weight excluding hydrogens is 366 g/mol. The Hall–Kier alpha value is -2.22. The van der Waals surface area contributed by atoms with Crippen molar-refractivity contribution in [2.45, 2.75) is 25.7 Å². The van der Waals surface area contributed by atoms with Gasteiger partial charge in [0.05, 0.1) is 0 Å². The summed E-state index contributed by atoms with van der Waals surface area (Å²) in [6.07, 6.45) is 1.02. The fourth-order valence-corrected chi connectivity index (χ4v) is 4.06. The second kappa shape index (κ2) is 8.21. The van der Waals surface area contributed by atoms with Crippen molar-refractivity contribution in [3.63, 3.8) is 0 Å². The smallest absolute Gasteiger partial charge is 0.123 e. The molecule has 1 aliphatic heterocycles. The summed E-state index contributed by atoms with van der Waals surface area (Å²) in [4.78, 5) is 4.69. The lowest BCUT2D eigenvalue weighted by Crippen LogP contribution is -2.47. The van der Waals surface area contributed by atoms with E-state index in [0.717, 1.165) is 36.3 Å². The number of rotatable bonds is 5. The van der Waals surface area contributed by atoms with Gasteiger partial charge in [-0.1, -0.05) is 28.8 Å². The van der Waals surface area contributed by atoms with Gasteiger partial charge in [-0.15, -0.1) is 5.10 Å². The summed E-state index contributed by atoms with van der Waals surface area (Å²) < 4.78 is 30.5. The van der Waals surface area contributed by atoms with Gasteiger partial charge in [-0.3, -0.25) is 9.80 Å². The SMILES string of the molecule is Fc1ccc(CN2CCCN(Cc3ccc(F)cc3)C2c2csnn2)cc1. The van der Waals surface area contributed by atoms with Crippen LogP contribution in [0.2, 0.25) is 0 Å². The van der Waals surface area contributed by atoms with Crippen LogP contribution in [0.3, 0.4) is 0 Å². The topological polar surface area (TPSA) is 32.3 Å². The first-order valence-electron chi connectivity index (χ1n) is 8.93. The summed E-state index contributed by atoms with van der Waals surface area (Å²) in [5.74, 6) is -0.453. The standard InChI is InChI=1S/C20H20F2N4S/c21-17-6-2-15(3-7-17)12-25-10-1-11-26(20(25)19-14-27-24-23-19)13-16-4-8-18(22)9-5-16/h2-9,14,20H,1,10-13H2. The van der Waals surface area contributed by atoms with Crippen molar-refractivity contribution in [1.29, 1.82) is 0 Å². The van der Waals surface area contributed by atoms with Crippen LogP contribution in [0.25, 0.3) is 0 Å². The van der Waals surface area contributed by atoms with E-state index in [1.165, 1.54) is 35.8 Å². The lowest BCUT2D eigenvalue weighted by molar-refractivity contribution is -0.0117. The highest BCUT2D eigenvalue weighted by atomic mass is 32.1. The van der Waals surface area contributed by atoms with Crippen molar-refractivity contribution in [3.05, 3.63) is 82.4 Å². The van der Waals surface area contributed by atoms with Crippen molar-refractivity contribution >= 4 is 11.5 Å². The average Bonchev–Trinajstić information content (AvgIpc) is 3.20. The molecule has 7 heteroatoms. The van der Waals surface area contributed by atoms with E-state index in [-0.39, 0.29) is 17.8 Å². The zero-order chi connectivity index (χ0) is 18.6. The van der Waals surface area contributed by atoms with Crippen molar-refractivity contribution in [2.24, 2.45) is 0 Å². The summed E-state index contributed by atoms with van der Waals surface area (Å²) in [6.45, 7) is 3.28. The van der Waals surface area contributed by atoms with Gasteiger partial charge in [0, 0.05) is 31.6 Å². The third-order valence-corrected chi connectivity index (χ3v) is 5.34. The molecule has 0 atom stereocenters. The van der Waals surface area contributed by atoms with Gasteiger partial charge in [0.1, 0.15) is 23.5 Å². The first-order valence-corrected chi connectivity index (χ1v) is 9.76. The van der Waals surface area contributed by atoms with Crippen LogP contribution in [0.4, 0.5) is 8.78 Å². The Morgan fingerprint density at radius 3 is 1.81 bits per heavy atom. The molecule has 27 heavy (non-hydrogen) atoms. The molecule has 2 heterocycles. The van der Waals surface area contributed by atoms with Gasteiger partial charge in [0.25, 0.3) is 0 Å². The minimum absolute atomic E-state index is 0.00685. The van der Waals surface area contributed by atoms with Crippen molar-refractivity contribution in [1.82, 2.24) is 19.4 Å². The molecule has 0 saturated carbocycles. The van der Waals surface area contributed by atoms with E-state index in [2.05, 4.69) is 19.4 Å². The van der Waals surface area contributed by atoms with Crippen LogP contribution in [-0.4, -0.2) is 32.5 Å². The molecule has 2 aromatic carbocycles. The van der Waals surface area contributed by atoms with E-state index >= 15 is 0 Å². The van der Waals surface area contributed by atoms with E-state index in [1.54, 1.807) is 0 Å². The van der Waals surface area contributed by atoms with E-state index in [1.807, 2.05) is 29.6 Å². The van der Waals surface area contributed by atoms with Gasteiger partial charge in [-0.25, -0.2) is 8.78 Å². The summed E-state index contributed by atoms with van der Waals surface area (Å²) in [7, 11) is 0. The minimum Gasteiger partial charge on any atom is -0.278 e. The molecular formula is C20H20F2N4S. The molecule has 0 bridgehead atoms. The van der Waals surface area contributed by atoms with Gasteiger partial charge in [0.15, 0.2) is 0 Å². The monoisotopic (exact) mass is 386 g/mol. The number of nitrogens with zero attached hydrogens (tertiary/aromatic N) is 4. The molecule has 0 N–H and O–H groups in total. The molecule has 0 radical (unpaired) electrons. The molecule has 0 spiro atoms. The molecule has 0 amide bonds. The summed E-state index contributed by atoms with van der Waals surface area (Å²) in [5.41, 5.74) is 3.05. The van der Waals surface area contributed by atoms with Crippen LogP contribution in [-0.2, 0) is 13.1 Å². The molecule has 1 aliphatic rings. The highest BCUT2D eigenvalue weighted by Crippen LogP contribution is 2.31. The third kappa shape index (κ3) is 4.37. The van der Waals surface area contributed by atoms with Gasteiger partial charge in [-0.05, 0) is 53.3 Å². The van der Waals surface area contributed by atoms with Gasteiger partial charge in [0.2, 0.25) is 0 Å². The largest absolute Gasteiger partial charge is 0.278 e. The second-order valence-electron chi connectivity index (χ2n) is 6.75. The number of halogens is 2. The molecule has 1 fully saturated rings. The van der Waals surface area contributed by atoms with Crippen molar-refractivity contribution in [2.75, 3.05) is 13.1 Å². The zero-order valence-corrected chi connectivity index (χ0v) is 15.6. The van der Waals surface area contributed by atoms with Gasteiger partial charge >= 0.3 is 0 Å². The summed E-state index contributed by atoms with van der Waals surface area (Å²) in [6, 6.07) is 13.3. The van der Waals surface area contributed by atoms with Crippen LogP contribution in [0, 0.1) is 11.6 Å². The van der Waals surface area contributed by atoms with Crippen molar-refractivity contribution in [3.8, 4) is 0 Å². The zero-order valence-electron chi connectivity index (χ0n) is 14.8. The molecule has 4 rings (SSSR count). The highest BCUT2D eigenvalue weighted by Gasteiger charge is 2.32. The summed E-state index contributed by atoms with van der Waals surface area (Å²) in [5, 5.41) is 6.29. The van der Waals surface area contributed by atoms with E-state index in [9.17, 15) is 8.78 Å². The van der Waals surface area contributed by atoms with E-state index < -0.39 is 0 Å². The molecule has 3 aromatic rings. The van der Waals surface area contributed by atoms with Crippen molar-refractivity contribution < 1.29 is 8.78 Å². The molecule has 0 aliphatic carbocycles. The Labute approximate surface area is 161 Å². The highest BCUT2D eigenvalue weighted by molar-refractivity contribution is 7.03. The number of hydrogen-bond donors (Lipinski definition) is 0. The van der Waals surface area contributed by atoms with Gasteiger partial charge < -0.3 is 0 Å². The van der Waals surface area contributed by atoms with Crippen LogP contribution in [0.1, 0.15) is 29.4 Å². The number of aromatic nitrogens is 2. The maximum Gasteiger partial charge on any atom is 0.123 e. The summed E-state index contributed by atoms with van der Waals surface area (Å²) >= 11 is 1.34. The maximum atomic E-state index is 13.2. The second-order valence-corrected chi connectivity index (χ2v) is 7.36. The van der Waals surface area contributed by atoms with Crippen LogP contribution < -0.4 is 0 Å². The predicted octanol–water partition coefficient (Wildman–Crippen LogP) is 4.22. The quantitative estimate of drug-likeness (QED) is 0.657. The van der Waals surface area contributed by atoms with Crippen LogP contribution >= 0.6 is 11.5 Å². The lowest BCUT2D eigenvalue weighted by atomic mass is 10.1. The maximum absolute atomic E-state index is 13.2. The van der Waals surface area contributed by atoms with E-state index in [4.69, 9.17) is 0 Å². The first kappa shape index (κ1) is 18.2. The Bertz CT molecular complexity index is 797. The normalized spacial score (nSPS) is 16.7. The predicted molar refractivity (Wildman–Crippen MR) is 101 cm³/mol. The molecule has 4 nitrogen and oxygen atoms in total. The van der Waals surface area contributed by atoms with Crippen LogP contribution in [0.5, 0.6) is 0 Å². The number of benzene rings is 2. The fraction of sp³-hybridized carbons (Fsp3) is 0.300. The fourth-order valence-electron chi connectivity index (χ4n) is 3.59. The Morgan fingerprint density at radius 1 is 0.852 bits per heavy atom.